The van der Waals surface area contributed by atoms with Crippen molar-refractivity contribution in [2.45, 2.75) is 64.7 Å². The predicted molar refractivity (Wildman–Crippen MR) is 473 cm³/mol. The number of carbonyl (C=O) groups is 6. The lowest BCUT2D eigenvalue weighted by Gasteiger charge is -2.38. The number of fused-ring (bicyclic) bond motifs is 2. The molecule has 0 aromatic heterocycles. The minimum atomic E-state index is -3.37. The third kappa shape index (κ3) is 16.6. The van der Waals surface area contributed by atoms with Gasteiger partial charge in [0, 0.05) is 125 Å². The summed E-state index contributed by atoms with van der Waals surface area (Å²) in [6, 6.07) is 73.0. The number of carbonyl (C=O) groups excluding carboxylic acids is 6. The molecule has 0 spiro atoms. The predicted octanol–water partition coefficient (Wildman–Crippen LogP) is 20.2. The van der Waals surface area contributed by atoms with Crippen LogP contribution in [0.5, 0.6) is 46.0 Å². The molecule has 0 saturated carbocycles. The van der Waals surface area contributed by atoms with E-state index < -0.39 is 65.1 Å². The summed E-state index contributed by atoms with van der Waals surface area (Å²) >= 11 is 0. The second kappa shape index (κ2) is 36.6. The number of methoxy groups -OCH3 is 2. The molecule has 6 amide bonds. The van der Waals surface area contributed by atoms with Crippen molar-refractivity contribution < 1.29 is 83.7 Å². The van der Waals surface area contributed by atoms with Crippen LogP contribution in [0.4, 0.5) is 0 Å². The lowest BCUT2D eigenvalue weighted by Crippen LogP contribution is -2.56. The summed E-state index contributed by atoms with van der Waals surface area (Å²) in [6.45, 7) is 7.11. The average molecular weight is 1670 g/mol. The summed E-state index contributed by atoms with van der Waals surface area (Å²) in [5, 5.41) is 1.74. The van der Waals surface area contributed by atoms with Crippen LogP contribution in [-0.2, 0) is 45.6 Å². The van der Waals surface area contributed by atoms with E-state index in [1.54, 1.807) is 24.3 Å². The summed E-state index contributed by atoms with van der Waals surface area (Å²) in [5.74, 6) is -3.70. The first-order chi connectivity index (χ1) is 59.2. The van der Waals surface area contributed by atoms with Gasteiger partial charge in [0.15, 0.2) is 0 Å². The lowest BCUT2D eigenvalue weighted by atomic mass is 9.80. The SMILES string of the molecule is COCN(CC[Si](OC)(OC)OC)C(=O)C(CC(C)C)N1C(=O)c2cc(Oc3ccc(-c4ccccc4)cc3)c3c4c(Oc5ccc(-c6ccccc6)cc5)cc5c6c(cc(Oc7ccc(-c8ccccc8)cc7)c(c7c(Oc8ccc(-c9ccccc9)cc8)cc(c2c37)C1=O)c64)C(=O)N(C(CC(C)C)C(=O)N(CC[Si](OC)(OC)OC)COC)C5=O. The minimum Gasteiger partial charge on any atom is -0.457 e. The largest absolute Gasteiger partial charge is 0.501 e. The Labute approximate surface area is 710 Å². The van der Waals surface area contributed by atoms with E-state index in [0.29, 0.717) is 23.0 Å². The molecule has 0 aliphatic carbocycles. The van der Waals surface area contributed by atoms with E-state index in [1.165, 1.54) is 66.7 Å². The van der Waals surface area contributed by atoms with E-state index >= 15 is 28.8 Å². The zero-order chi connectivity index (χ0) is 85.7. The van der Waals surface area contributed by atoms with Gasteiger partial charge in [-0.15, -0.1) is 0 Å². The van der Waals surface area contributed by atoms with E-state index in [4.69, 9.17) is 55.0 Å². The highest BCUT2D eigenvalue weighted by Crippen LogP contribution is 2.59. The number of amides is 6. The van der Waals surface area contributed by atoms with Crippen LogP contribution in [-0.4, -0.2) is 168 Å². The molecule has 22 nitrogen and oxygen atoms in total. The number of ether oxygens (including phenoxy) is 6. The van der Waals surface area contributed by atoms with E-state index in [2.05, 4.69) is 0 Å². The zero-order valence-corrected chi connectivity index (χ0v) is 72.2. The van der Waals surface area contributed by atoms with Crippen LogP contribution in [0.3, 0.4) is 0 Å². The average Bonchev–Trinajstić information content (AvgIpc) is 0.669. The highest BCUT2D eigenvalue weighted by atomic mass is 28.4. The highest BCUT2D eigenvalue weighted by molar-refractivity contribution is 6.61. The molecule has 122 heavy (non-hydrogen) atoms. The second-order valence-electron chi connectivity index (χ2n) is 31.0. The van der Waals surface area contributed by atoms with Crippen molar-refractivity contribution in [3.05, 3.63) is 265 Å². The summed E-state index contributed by atoms with van der Waals surface area (Å²) in [6.07, 6.45) is 0.0134. The number of hydrogen-bond donors (Lipinski definition) is 0. The summed E-state index contributed by atoms with van der Waals surface area (Å²) in [4.78, 5) is 105. The number of imide groups is 2. The lowest BCUT2D eigenvalue weighted by molar-refractivity contribution is -0.141. The Morgan fingerprint density at radius 1 is 0.303 bits per heavy atom. The standard InChI is InChI=1S/C98H96N4O18Si2/c1-61(2)53-79(97(107)99(59-109-5)49-51-121(111-7,112-8)113-9)101-93(103)75-55-81(117-71-41-33-67(34-42-71)63-25-17-13-18-26-63)87-89-83(119-73-45-37-69(38-46-73)65-29-21-15-22-30-65)57-77-86-78(96(106)102(95(77)105)80(54-62(3)4)98(108)100(60-110-6)50-52-122(114-10,115-11)116-12)58-84(120-74-47-39-70(40-48-74)66-31-23-16-24-32-66)90(92(86)89)88-82(56-76(94(101)104)85(75)91(87)88)118-72-43-35-68(36-44-72)64-27-19-14-20-28-64/h13-48,55-58,61-62,79-80H,49-54,59-60H2,1-12H3. The van der Waals surface area contributed by atoms with Crippen molar-refractivity contribution in [2.24, 2.45) is 11.8 Å². The number of benzene rings is 13. The normalized spacial score (nSPS) is 13.5. The van der Waals surface area contributed by atoms with Crippen molar-refractivity contribution in [1.29, 1.82) is 0 Å². The molecule has 2 unspecified atom stereocenters. The maximum Gasteiger partial charge on any atom is 0.501 e. The fourth-order valence-electron chi connectivity index (χ4n) is 16.7. The Bertz CT molecular complexity index is 5320. The third-order valence-corrected chi connectivity index (χ3v) is 28.1. The van der Waals surface area contributed by atoms with Crippen LogP contribution in [0.15, 0.2) is 243 Å². The van der Waals surface area contributed by atoms with Gasteiger partial charge >= 0.3 is 17.6 Å². The Morgan fingerprint density at radius 2 is 0.525 bits per heavy atom. The second-order valence-corrected chi connectivity index (χ2v) is 37.2. The Kier molecular flexibility index (Phi) is 25.4. The molecule has 2 aliphatic heterocycles. The molecule has 0 N–H and O–H groups in total. The van der Waals surface area contributed by atoms with E-state index in [9.17, 15) is 0 Å². The van der Waals surface area contributed by atoms with Gasteiger partial charge in [0.2, 0.25) is 11.8 Å². The van der Waals surface area contributed by atoms with E-state index in [0.717, 1.165) is 54.3 Å². The van der Waals surface area contributed by atoms with Crippen LogP contribution in [0, 0.1) is 11.8 Å². The number of hydrogen-bond acceptors (Lipinski definition) is 18. The van der Waals surface area contributed by atoms with Crippen LogP contribution in [0.1, 0.15) is 82.0 Å². The molecular weight excluding hydrogens is 1580 g/mol. The van der Waals surface area contributed by atoms with Gasteiger partial charge in [0.1, 0.15) is 71.5 Å². The van der Waals surface area contributed by atoms with E-state index in [-0.39, 0.29) is 152 Å². The van der Waals surface area contributed by atoms with Gasteiger partial charge in [0.05, 0.1) is 22.3 Å². The van der Waals surface area contributed by atoms with Crippen molar-refractivity contribution in [3.63, 3.8) is 0 Å². The maximum absolute atomic E-state index is 16.9. The van der Waals surface area contributed by atoms with Gasteiger partial charge in [-0.1, -0.05) is 198 Å². The highest BCUT2D eigenvalue weighted by Gasteiger charge is 2.49. The van der Waals surface area contributed by atoms with Crippen LogP contribution < -0.4 is 18.9 Å². The number of rotatable bonds is 36. The Balaban J connectivity index is 1.07. The third-order valence-electron chi connectivity index (χ3n) is 22.7. The van der Waals surface area contributed by atoms with Gasteiger partial charge in [0.25, 0.3) is 23.6 Å². The molecule has 2 atom stereocenters. The molecule has 2 aliphatic rings. The Hall–Kier alpha value is -12.3. The van der Waals surface area contributed by atoms with Gasteiger partial charge in [-0.2, -0.15) is 0 Å². The fraction of sp³-hybridized carbons (Fsp3) is 0.245. The van der Waals surface area contributed by atoms with Crippen LogP contribution in [0.25, 0.3) is 87.6 Å². The molecule has 0 bridgehead atoms. The maximum atomic E-state index is 16.9. The van der Waals surface area contributed by atoms with Crippen molar-refractivity contribution in [1.82, 2.24) is 19.6 Å². The van der Waals surface area contributed by atoms with Gasteiger partial charge < -0.3 is 64.8 Å². The quantitative estimate of drug-likeness (QED) is 0.0117. The first kappa shape index (κ1) is 84.7. The van der Waals surface area contributed by atoms with Gasteiger partial charge in [-0.25, -0.2) is 0 Å². The molecule has 0 saturated heterocycles. The molecule has 2 heterocycles. The molecule has 15 rings (SSSR count). The van der Waals surface area contributed by atoms with Gasteiger partial charge in [-0.3, -0.25) is 38.6 Å². The summed E-state index contributed by atoms with van der Waals surface area (Å²) < 4.78 is 76.5. The monoisotopic (exact) mass is 1670 g/mol. The van der Waals surface area contributed by atoms with E-state index in [1.807, 2.05) is 246 Å². The molecular formula is C98H96N4O18Si2. The summed E-state index contributed by atoms with van der Waals surface area (Å²) in [7, 11) is 5.02. The molecule has 0 fully saturated rings. The molecule has 13 aromatic carbocycles. The topological polar surface area (TPSA) is 226 Å². The van der Waals surface area contributed by atoms with Crippen molar-refractivity contribution >= 4 is 96.1 Å². The van der Waals surface area contributed by atoms with Crippen molar-refractivity contribution in [2.75, 3.05) is 83.4 Å². The first-order valence-corrected chi connectivity index (χ1v) is 44.4. The van der Waals surface area contributed by atoms with Crippen LogP contribution in [0.2, 0.25) is 12.1 Å². The minimum absolute atomic E-state index is 0.00670. The molecule has 13 aromatic rings. The first-order valence-electron chi connectivity index (χ1n) is 40.5. The number of nitrogens with zero attached hydrogens (tertiary/aromatic N) is 4. The van der Waals surface area contributed by atoms with Crippen molar-refractivity contribution in [3.8, 4) is 90.5 Å². The molecule has 0 radical (unpaired) electrons. The summed E-state index contributed by atoms with van der Waals surface area (Å²) in [5.41, 5.74) is 7.09. The Morgan fingerprint density at radius 3 is 0.730 bits per heavy atom. The molecule has 24 heteroatoms. The molecule has 624 valence electrons. The zero-order valence-electron chi connectivity index (χ0n) is 70.2. The fourth-order valence-corrected chi connectivity index (χ4v) is 20.0. The van der Waals surface area contributed by atoms with Gasteiger partial charge in [-0.05, 0) is 142 Å². The van der Waals surface area contributed by atoms with Crippen LogP contribution >= 0.6 is 0 Å². The smallest absolute Gasteiger partial charge is 0.457 e.